The van der Waals surface area contributed by atoms with E-state index >= 15 is 0 Å². The Morgan fingerprint density at radius 3 is 2.82 bits per heavy atom. The second-order valence-electron chi connectivity index (χ2n) is 4.99. The predicted molar refractivity (Wildman–Crippen MR) is 73.1 cm³/mol. The van der Waals surface area contributed by atoms with Gasteiger partial charge in [-0.1, -0.05) is 6.92 Å². The fraction of sp³-hybridized carbons (Fsp3) is 0.769. The van der Waals surface area contributed by atoms with Crippen molar-refractivity contribution >= 4 is 11.3 Å². The van der Waals surface area contributed by atoms with Crippen molar-refractivity contribution in [2.24, 2.45) is 11.7 Å². The van der Waals surface area contributed by atoms with Gasteiger partial charge in [0.1, 0.15) is 5.01 Å². The molecule has 1 fully saturated rings. The zero-order chi connectivity index (χ0) is 12.1. The molecule has 1 aliphatic carbocycles. The van der Waals surface area contributed by atoms with Crippen molar-refractivity contribution in [3.05, 3.63) is 16.1 Å². The Hall–Kier alpha value is -0.450. The van der Waals surface area contributed by atoms with E-state index in [0.717, 1.165) is 25.4 Å². The summed E-state index contributed by atoms with van der Waals surface area (Å²) in [6.07, 6.45) is 8.06. The highest BCUT2D eigenvalue weighted by atomic mass is 32.1. The molecule has 0 atom stereocenters. The first-order valence-electron chi connectivity index (χ1n) is 6.67. The number of nitrogens with two attached hydrogens (primary N) is 1. The molecule has 1 saturated carbocycles. The molecular formula is C13H23N3S. The number of hydrogen-bond acceptors (Lipinski definition) is 4. The van der Waals surface area contributed by atoms with Crippen molar-refractivity contribution in [3.63, 3.8) is 0 Å². The van der Waals surface area contributed by atoms with E-state index in [4.69, 9.17) is 5.73 Å². The fourth-order valence-electron chi connectivity index (χ4n) is 2.37. The zero-order valence-corrected chi connectivity index (χ0v) is 11.4. The molecule has 3 nitrogen and oxygen atoms in total. The fourth-order valence-corrected chi connectivity index (χ4v) is 3.20. The van der Waals surface area contributed by atoms with Crippen LogP contribution in [-0.2, 0) is 13.0 Å². The molecule has 3 N–H and O–H groups in total. The average Bonchev–Trinajstić information content (AvgIpc) is 2.80. The lowest BCUT2D eigenvalue weighted by Gasteiger charge is -2.26. The third-order valence-corrected chi connectivity index (χ3v) is 4.69. The van der Waals surface area contributed by atoms with E-state index in [0.29, 0.717) is 6.04 Å². The van der Waals surface area contributed by atoms with Crippen LogP contribution in [0.4, 0.5) is 0 Å². The molecule has 96 valence electrons. The summed E-state index contributed by atoms with van der Waals surface area (Å²) in [5, 5.41) is 4.75. The summed E-state index contributed by atoms with van der Waals surface area (Å²) in [6, 6.07) is 0.456. The van der Waals surface area contributed by atoms with E-state index in [1.165, 1.54) is 35.6 Å². The Bertz CT molecular complexity index is 329. The molecule has 0 amide bonds. The minimum absolute atomic E-state index is 0.456. The van der Waals surface area contributed by atoms with Gasteiger partial charge in [0, 0.05) is 23.7 Å². The topological polar surface area (TPSA) is 50.9 Å². The Balaban J connectivity index is 1.65. The second kappa shape index (κ2) is 6.47. The Morgan fingerprint density at radius 1 is 1.41 bits per heavy atom. The summed E-state index contributed by atoms with van der Waals surface area (Å²) in [5.41, 5.74) is 5.91. The zero-order valence-electron chi connectivity index (χ0n) is 10.6. The van der Waals surface area contributed by atoms with Crippen LogP contribution in [0.2, 0.25) is 0 Å². The maximum Gasteiger partial charge on any atom is 0.107 e. The molecule has 0 radical (unpaired) electrons. The number of nitrogens with zero attached hydrogens (tertiary/aromatic N) is 1. The molecule has 1 aliphatic rings. The molecule has 17 heavy (non-hydrogen) atoms. The van der Waals surface area contributed by atoms with Gasteiger partial charge >= 0.3 is 0 Å². The summed E-state index contributed by atoms with van der Waals surface area (Å²) >= 11 is 1.83. The first-order chi connectivity index (χ1) is 8.28. The van der Waals surface area contributed by atoms with Crippen LogP contribution in [0.15, 0.2) is 6.20 Å². The van der Waals surface area contributed by atoms with Gasteiger partial charge in [0.25, 0.3) is 0 Å². The third kappa shape index (κ3) is 4.05. The van der Waals surface area contributed by atoms with Gasteiger partial charge in [-0.25, -0.2) is 4.98 Å². The van der Waals surface area contributed by atoms with E-state index in [1.54, 1.807) is 0 Å². The number of thiazole rings is 1. The Labute approximate surface area is 108 Å². The number of rotatable bonds is 5. The van der Waals surface area contributed by atoms with Gasteiger partial charge in [0.15, 0.2) is 0 Å². The smallest absolute Gasteiger partial charge is 0.107 e. The standard InChI is InChI=1S/C13H23N3S/c1-2-12-8-16-13(17-12)9-15-7-10-3-5-11(14)6-4-10/h8,10-11,15H,2-7,9,14H2,1H3. The summed E-state index contributed by atoms with van der Waals surface area (Å²) < 4.78 is 0. The molecule has 1 aromatic rings. The van der Waals surface area contributed by atoms with E-state index in [1.807, 2.05) is 17.5 Å². The molecule has 0 bridgehead atoms. The summed E-state index contributed by atoms with van der Waals surface area (Å²) in [7, 11) is 0. The van der Waals surface area contributed by atoms with Gasteiger partial charge < -0.3 is 11.1 Å². The largest absolute Gasteiger partial charge is 0.328 e. The van der Waals surface area contributed by atoms with Crippen molar-refractivity contribution in [2.45, 2.75) is 51.6 Å². The second-order valence-corrected chi connectivity index (χ2v) is 6.19. The van der Waals surface area contributed by atoms with Crippen molar-refractivity contribution in [3.8, 4) is 0 Å². The Kier molecular flexibility index (Phi) is 4.95. The quantitative estimate of drug-likeness (QED) is 0.846. The highest BCUT2D eigenvalue weighted by Gasteiger charge is 2.17. The Morgan fingerprint density at radius 2 is 2.18 bits per heavy atom. The SMILES string of the molecule is CCc1cnc(CNCC2CCC(N)CC2)s1. The summed E-state index contributed by atoms with van der Waals surface area (Å²) in [5.74, 6) is 0.820. The highest BCUT2D eigenvalue weighted by molar-refractivity contribution is 7.11. The lowest BCUT2D eigenvalue weighted by molar-refractivity contribution is 0.314. The van der Waals surface area contributed by atoms with Gasteiger partial charge in [-0.2, -0.15) is 0 Å². The van der Waals surface area contributed by atoms with Crippen molar-refractivity contribution < 1.29 is 0 Å². The van der Waals surface area contributed by atoms with Crippen molar-refractivity contribution in [2.75, 3.05) is 6.54 Å². The minimum atomic E-state index is 0.456. The molecule has 0 saturated heterocycles. The normalized spacial score (nSPS) is 25.1. The van der Waals surface area contributed by atoms with Crippen LogP contribution in [0.5, 0.6) is 0 Å². The van der Waals surface area contributed by atoms with Crippen LogP contribution in [0.25, 0.3) is 0 Å². The maximum absolute atomic E-state index is 5.91. The summed E-state index contributed by atoms with van der Waals surface area (Å²) in [4.78, 5) is 5.80. The van der Waals surface area contributed by atoms with E-state index in [-0.39, 0.29) is 0 Å². The number of aryl methyl sites for hydroxylation is 1. The number of nitrogens with one attached hydrogen (secondary N) is 1. The van der Waals surface area contributed by atoms with E-state index < -0.39 is 0 Å². The molecule has 2 rings (SSSR count). The number of hydrogen-bond donors (Lipinski definition) is 2. The van der Waals surface area contributed by atoms with E-state index in [2.05, 4.69) is 17.2 Å². The van der Waals surface area contributed by atoms with Crippen molar-refractivity contribution in [1.29, 1.82) is 0 Å². The van der Waals surface area contributed by atoms with E-state index in [9.17, 15) is 0 Å². The predicted octanol–water partition coefficient (Wildman–Crippen LogP) is 2.31. The van der Waals surface area contributed by atoms with Gasteiger partial charge in [-0.15, -0.1) is 11.3 Å². The van der Waals surface area contributed by atoms with Crippen LogP contribution in [0.3, 0.4) is 0 Å². The first kappa shape index (κ1) is 13.0. The van der Waals surface area contributed by atoms with Crippen LogP contribution < -0.4 is 11.1 Å². The van der Waals surface area contributed by atoms with Crippen LogP contribution in [-0.4, -0.2) is 17.6 Å². The number of aromatic nitrogens is 1. The molecule has 0 spiro atoms. The minimum Gasteiger partial charge on any atom is -0.328 e. The van der Waals surface area contributed by atoms with Gasteiger partial charge in [0.2, 0.25) is 0 Å². The van der Waals surface area contributed by atoms with Gasteiger partial charge in [-0.3, -0.25) is 0 Å². The first-order valence-corrected chi connectivity index (χ1v) is 7.49. The molecule has 0 aliphatic heterocycles. The molecule has 1 aromatic heterocycles. The van der Waals surface area contributed by atoms with Crippen LogP contribution in [0.1, 0.15) is 42.5 Å². The molecule has 0 aromatic carbocycles. The van der Waals surface area contributed by atoms with Gasteiger partial charge in [-0.05, 0) is 44.6 Å². The molecule has 4 heteroatoms. The van der Waals surface area contributed by atoms with Crippen LogP contribution in [0, 0.1) is 5.92 Å². The van der Waals surface area contributed by atoms with Crippen molar-refractivity contribution in [1.82, 2.24) is 10.3 Å². The molecular weight excluding hydrogens is 230 g/mol. The monoisotopic (exact) mass is 253 g/mol. The maximum atomic E-state index is 5.91. The van der Waals surface area contributed by atoms with Gasteiger partial charge in [0.05, 0.1) is 0 Å². The molecule has 1 heterocycles. The van der Waals surface area contributed by atoms with Crippen LogP contribution >= 0.6 is 11.3 Å². The molecule has 0 unspecified atom stereocenters. The lowest BCUT2D eigenvalue weighted by Crippen LogP contribution is -2.31. The lowest BCUT2D eigenvalue weighted by atomic mass is 9.86. The highest BCUT2D eigenvalue weighted by Crippen LogP contribution is 2.22. The summed E-state index contributed by atoms with van der Waals surface area (Å²) in [6.45, 7) is 4.22. The average molecular weight is 253 g/mol. The third-order valence-electron chi connectivity index (χ3n) is 3.55.